The van der Waals surface area contributed by atoms with Crippen LogP contribution in [0.4, 0.5) is 0 Å². The molecule has 9 heteroatoms. The molecule has 6 rings (SSSR count). The van der Waals surface area contributed by atoms with Crippen LogP contribution in [0.2, 0.25) is 0 Å². The molecule has 2 unspecified atom stereocenters. The van der Waals surface area contributed by atoms with Crippen LogP contribution in [0.25, 0.3) is 33.6 Å². The van der Waals surface area contributed by atoms with E-state index in [1.54, 1.807) is 18.3 Å². The lowest BCUT2D eigenvalue weighted by Gasteiger charge is -2.34. The fourth-order valence-corrected chi connectivity index (χ4v) is 5.54. The molecule has 35 heavy (non-hydrogen) atoms. The molecule has 2 atom stereocenters. The molecule has 0 radical (unpaired) electrons. The lowest BCUT2D eigenvalue weighted by molar-refractivity contribution is -0.00715. The first kappa shape index (κ1) is 21.9. The van der Waals surface area contributed by atoms with E-state index in [2.05, 4.69) is 9.97 Å². The zero-order valence-corrected chi connectivity index (χ0v) is 19.9. The predicted octanol–water partition coefficient (Wildman–Crippen LogP) is 3.96. The molecule has 2 fully saturated rings. The van der Waals surface area contributed by atoms with Gasteiger partial charge in [-0.3, -0.25) is 9.78 Å². The fourth-order valence-electron chi connectivity index (χ4n) is 4.98. The topological polar surface area (TPSA) is 103 Å². The van der Waals surface area contributed by atoms with Gasteiger partial charge in [0.2, 0.25) is 0 Å². The number of fused-ring (bicyclic) bond motifs is 3. The first-order valence-corrected chi connectivity index (χ1v) is 13.3. The average Bonchev–Trinajstić information content (AvgIpc) is 3.41. The second-order valence-electron chi connectivity index (χ2n) is 9.06. The molecule has 0 aliphatic carbocycles. The van der Waals surface area contributed by atoms with Crippen molar-refractivity contribution in [2.45, 2.75) is 30.0 Å². The molecule has 4 aromatic rings. The van der Waals surface area contributed by atoms with Gasteiger partial charge in [0.25, 0.3) is 5.91 Å². The Hall–Kier alpha value is -3.56. The van der Waals surface area contributed by atoms with Crippen molar-refractivity contribution in [1.29, 1.82) is 0 Å². The summed E-state index contributed by atoms with van der Waals surface area (Å²) in [6, 6.07) is 14.7. The van der Waals surface area contributed by atoms with E-state index in [1.807, 2.05) is 35.2 Å². The van der Waals surface area contributed by atoms with Crippen molar-refractivity contribution in [3.05, 3.63) is 66.5 Å². The Morgan fingerprint density at radius 2 is 1.80 bits per heavy atom. The van der Waals surface area contributed by atoms with Crippen molar-refractivity contribution >= 4 is 26.8 Å². The number of sulfone groups is 1. The summed E-state index contributed by atoms with van der Waals surface area (Å²) in [5.41, 5.74) is 4.21. The molecule has 1 aromatic carbocycles. The maximum Gasteiger partial charge on any atom is 0.254 e. The Balaban J connectivity index is 1.35. The quantitative estimate of drug-likeness (QED) is 0.427. The average molecular weight is 490 g/mol. The number of pyridine rings is 2. The van der Waals surface area contributed by atoms with Crippen LogP contribution in [0, 0.1) is 0 Å². The highest BCUT2D eigenvalue weighted by Gasteiger charge is 2.40. The molecule has 2 aliphatic heterocycles. The highest BCUT2D eigenvalue weighted by molar-refractivity contribution is 7.90. The SMILES string of the molecule is CS(=O)(=O)c1ccc(-c2cc3nccc(-c4cccc(C(=O)N5C6CCC5COC6)c4)c3o2)cn1. The lowest BCUT2D eigenvalue weighted by Crippen LogP contribution is -2.49. The number of ether oxygens (including phenoxy) is 1. The van der Waals surface area contributed by atoms with Crippen LogP contribution in [0.15, 0.2) is 70.4 Å². The minimum Gasteiger partial charge on any atom is -0.454 e. The zero-order valence-electron chi connectivity index (χ0n) is 19.0. The van der Waals surface area contributed by atoms with Gasteiger partial charge in [0.15, 0.2) is 20.4 Å². The van der Waals surface area contributed by atoms with E-state index in [0.29, 0.717) is 41.2 Å². The van der Waals surface area contributed by atoms with Gasteiger partial charge in [0, 0.05) is 41.4 Å². The number of hydrogen-bond donors (Lipinski definition) is 0. The third-order valence-electron chi connectivity index (χ3n) is 6.71. The second kappa shape index (κ2) is 8.28. The molecule has 2 saturated heterocycles. The zero-order chi connectivity index (χ0) is 24.2. The van der Waals surface area contributed by atoms with Crippen LogP contribution in [-0.4, -0.2) is 60.7 Å². The van der Waals surface area contributed by atoms with Crippen LogP contribution >= 0.6 is 0 Å². The highest BCUT2D eigenvalue weighted by Crippen LogP contribution is 2.35. The number of amides is 1. The predicted molar refractivity (Wildman–Crippen MR) is 130 cm³/mol. The largest absolute Gasteiger partial charge is 0.454 e. The fraction of sp³-hybridized carbons (Fsp3) is 0.269. The van der Waals surface area contributed by atoms with Crippen LogP contribution in [0.1, 0.15) is 23.2 Å². The summed E-state index contributed by atoms with van der Waals surface area (Å²) >= 11 is 0. The number of morpholine rings is 1. The van der Waals surface area contributed by atoms with E-state index < -0.39 is 9.84 Å². The minimum absolute atomic E-state index is 0.00589. The van der Waals surface area contributed by atoms with Gasteiger partial charge in [-0.15, -0.1) is 0 Å². The van der Waals surface area contributed by atoms with Gasteiger partial charge >= 0.3 is 0 Å². The molecular weight excluding hydrogens is 466 g/mol. The number of carbonyl (C=O) groups excluding carboxylic acids is 1. The van der Waals surface area contributed by atoms with Crippen LogP contribution in [-0.2, 0) is 14.6 Å². The van der Waals surface area contributed by atoms with Crippen molar-refractivity contribution in [1.82, 2.24) is 14.9 Å². The Bertz CT molecular complexity index is 1530. The Kier molecular flexibility index (Phi) is 5.19. The molecule has 2 bridgehead atoms. The Labute approximate surface area is 202 Å². The summed E-state index contributed by atoms with van der Waals surface area (Å²) < 4.78 is 35.2. The van der Waals surface area contributed by atoms with Gasteiger partial charge in [-0.1, -0.05) is 12.1 Å². The van der Waals surface area contributed by atoms with E-state index in [0.717, 1.165) is 30.2 Å². The highest BCUT2D eigenvalue weighted by atomic mass is 32.2. The third kappa shape index (κ3) is 3.90. The van der Waals surface area contributed by atoms with E-state index >= 15 is 0 Å². The van der Waals surface area contributed by atoms with Crippen molar-refractivity contribution in [2.24, 2.45) is 0 Å². The standard InChI is InChI=1S/C26H23N3O5S/c1-35(31,32)24-8-5-18(13-28-24)23-12-22-25(34-23)21(9-10-27-22)16-3-2-4-17(11-16)26(30)29-19-6-7-20(29)15-33-14-19/h2-5,8-13,19-20H,6-7,14-15H2,1H3. The summed E-state index contributed by atoms with van der Waals surface area (Å²) in [7, 11) is -3.38. The summed E-state index contributed by atoms with van der Waals surface area (Å²) in [5, 5.41) is 0.00589. The van der Waals surface area contributed by atoms with Crippen molar-refractivity contribution in [2.75, 3.05) is 19.5 Å². The number of benzene rings is 1. The molecule has 1 amide bonds. The van der Waals surface area contributed by atoms with Gasteiger partial charge in [-0.05, 0) is 48.7 Å². The minimum atomic E-state index is -3.38. The van der Waals surface area contributed by atoms with Crippen LogP contribution in [0.3, 0.4) is 0 Å². The van der Waals surface area contributed by atoms with Gasteiger partial charge in [0.05, 0.1) is 25.3 Å². The van der Waals surface area contributed by atoms with Gasteiger partial charge in [-0.25, -0.2) is 13.4 Å². The number of aromatic nitrogens is 2. The molecule has 178 valence electrons. The maximum absolute atomic E-state index is 13.4. The lowest BCUT2D eigenvalue weighted by atomic mass is 10.0. The van der Waals surface area contributed by atoms with Crippen LogP contribution < -0.4 is 0 Å². The van der Waals surface area contributed by atoms with E-state index in [-0.39, 0.29) is 23.0 Å². The number of furan rings is 1. The summed E-state index contributed by atoms with van der Waals surface area (Å²) in [6.45, 7) is 1.20. The smallest absolute Gasteiger partial charge is 0.254 e. The molecule has 3 aromatic heterocycles. The summed E-state index contributed by atoms with van der Waals surface area (Å²) in [5.74, 6) is 0.565. The number of hydrogen-bond acceptors (Lipinski definition) is 7. The van der Waals surface area contributed by atoms with E-state index in [1.165, 1.54) is 12.3 Å². The monoisotopic (exact) mass is 489 g/mol. The first-order valence-electron chi connectivity index (χ1n) is 11.4. The van der Waals surface area contributed by atoms with Crippen LogP contribution in [0.5, 0.6) is 0 Å². The normalized spacial score (nSPS) is 19.9. The third-order valence-corrected chi connectivity index (χ3v) is 7.71. The van der Waals surface area contributed by atoms with Gasteiger partial charge < -0.3 is 14.1 Å². The number of carbonyl (C=O) groups is 1. The van der Waals surface area contributed by atoms with Gasteiger partial charge in [-0.2, -0.15) is 0 Å². The van der Waals surface area contributed by atoms with E-state index in [9.17, 15) is 13.2 Å². The summed E-state index contributed by atoms with van der Waals surface area (Å²) in [6.07, 6.45) is 6.27. The molecule has 0 N–H and O–H groups in total. The molecule has 0 saturated carbocycles. The Morgan fingerprint density at radius 3 is 2.51 bits per heavy atom. The molecule has 0 spiro atoms. The first-order chi connectivity index (χ1) is 16.9. The Morgan fingerprint density at radius 1 is 1.00 bits per heavy atom. The molecule has 8 nitrogen and oxygen atoms in total. The summed E-state index contributed by atoms with van der Waals surface area (Å²) in [4.78, 5) is 23.8. The van der Waals surface area contributed by atoms with Gasteiger partial charge in [0.1, 0.15) is 11.3 Å². The van der Waals surface area contributed by atoms with Crippen molar-refractivity contribution < 1.29 is 22.4 Å². The van der Waals surface area contributed by atoms with Crippen molar-refractivity contribution in [3.8, 4) is 22.5 Å². The number of nitrogens with zero attached hydrogens (tertiary/aromatic N) is 3. The number of rotatable bonds is 4. The van der Waals surface area contributed by atoms with E-state index in [4.69, 9.17) is 9.15 Å². The molecule has 5 heterocycles. The second-order valence-corrected chi connectivity index (χ2v) is 11.0. The molecule has 2 aliphatic rings. The maximum atomic E-state index is 13.4. The molecular formula is C26H23N3O5S. The van der Waals surface area contributed by atoms with Crippen molar-refractivity contribution in [3.63, 3.8) is 0 Å².